The van der Waals surface area contributed by atoms with Crippen LogP contribution in [0.25, 0.3) is 0 Å². The van der Waals surface area contributed by atoms with Crippen LogP contribution in [0.4, 0.5) is 8.78 Å². The molecule has 4 aliphatic rings. The predicted octanol–water partition coefficient (Wildman–Crippen LogP) is 3.73. The van der Waals surface area contributed by atoms with E-state index in [0.29, 0.717) is 36.2 Å². The number of fused-ring (bicyclic) bond motifs is 2. The molecule has 3 atom stereocenters. The maximum atomic E-state index is 13.7. The molecule has 0 radical (unpaired) electrons. The van der Waals surface area contributed by atoms with Crippen molar-refractivity contribution >= 4 is 0 Å². The molecule has 0 aromatic heterocycles. The lowest BCUT2D eigenvalue weighted by Gasteiger charge is -2.51. The van der Waals surface area contributed by atoms with Gasteiger partial charge in [-0.25, -0.2) is 8.78 Å². The zero-order valence-corrected chi connectivity index (χ0v) is 15.2. The minimum Gasteiger partial charge on any atom is -0.508 e. The Morgan fingerprint density at radius 1 is 0.963 bits per heavy atom. The Bertz CT molecular complexity index is 850. The second-order valence-corrected chi connectivity index (χ2v) is 8.23. The zero-order valence-electron chi connectivity index (χ0n) is 15.2. The highest BCUT2D eigenvalue weighted by molar-refractivity contribution is 5.33. The van der Waals surface area contributed by atoms with Gasteiger partial charge in [0.1, 0.15) is 5.75 Å². The van der Waals surface area contributed by atoms with Crippen LogP contribution in [0.1, 0.15) is 29.9 Å². The van der Waals surface area contributed by atoms with Crippen molar-refractivity contribution in [3.05, 3.63) is 65.2 Å². The molecule has 1 N–H and O–H groups in total. The Morgan fingerprint density at radius 3 is 2.52 bits per heavy atom. The number of halogens is 2. The number of nitrogens with zero attached hydrogens (tertiary/aromatic N) is 2. The largest absolute Gasteiger partial charge is 0.508 e. The summed E-state index contributed by atoms with van der Waals surface area (Å²) < 4.78 is 27.0. The van der Waals surface area contributed by atoms with Gasteiger partial charge in [0, 0.05) is 31.1 Å². The molecule has 4 heterocycles. The summed E-state index contributed by atoms with van der Waals surface area (Å²) in [6.07, 6.45) is 2.42. The second kappa shape index (κ2) is 6.57. The number of likely N-dealkylation sites (tertiary alicyclic amines) is 1. The Balaban J connectivity index is 1.47. The maximum absolute atomic E-state index is 13.7. The van der Waals surface area contributed by atoms with Gasteiger partial charge < -0.3 is 5.11 Å². The van der Waals surface area contributed by atoms with Gasteiger partial charge in [0.2, 0.25) is 0 Å². The summed E-state index contributed by atoms with van der Waals surface area (Å²) in [7, 11) is 0. The van der Waals surface area contributed by atoms with Gasteiger partial charge in [0.25, 0.3) is 0 Å². The van der Waals surface area contributed by atoms with Crippen molar-refractivity contribution in [1.29, 1.82) is 0 Å². The SMILES string of the molecule is Oc1cccc([C@@H]2CN(Cc3ccc(F)c(F)c3)[C@@H]3C4CCN(CC4)[C@@H]32)c1. The van der Waals surface area contributed by atoms with Gasteiger partial charge in [-0.1, -0.05) is 18.2 Å². The Hall–Kier alpha value is -1.98. The van der Waals surface area contributed by atoms with Gasteiger partial charge >= 0.3 is 0 Å². The quantitative estimate of drug-likeness (QED) is 0.892. The summed E-state index contributed by atoms with van der Waals surface area (Å²) >= 11 is 0. The van der Waals surface area contributed by atoms with Crippen molar-refractivity contribution in [1.82, 2.24) is 9.80 Å². The van der Waals surface area contributed by atoms with E-state index in [4.69, 9.17) is 0 Å². The molecule has 4 aliphatic heterocycles. The van der Waals surface area contributed by atoms with E-state index in [-0.39, 0.29) is 0 Å². The number of piperidine rings is 3. The van der Waals surface area contributed by atoms with Crippen LogP contribution in [0.15, 0.2) is 42.5 Å². The first kappa shape index (κ1) is 17.1. The number of phenolic OH excluding ortho intramolecular Hbond substituents is 1. The van der Waals surface area contributed by atoms with Crippen molar-refractivity contribution in [3.63, 3.8) is 0 Å². The molecule has 0 spiro atoms. The van der Waals surface area contributed by atoms with E-state index in [0.717, 1.165) is 25.2 Å². The maximum Gasteiger partial charge on any atom is 0.159 e. The lowest BCUT2D eigenvalue weighted by molar-refractivity contribution is -0.00872. The van der Waals surface area contributed by atoms with E-state index in [1.165, 1.54) is 30.5 Å². The fourth-order valence-electron chi connectivity index (χ4n) is 5.64. The molecule has 0 aliphatic carbocycles. The van der Waals surface area contributed by atoms with Gasteiger partial charge in [-0.3, -0.25) is 9.80 Å². The minimum absolute atomic E-state index is 0.305. The predicted molar refractivity (Wildman–Crippen MR) is 99.5 cm³/mol. The van der Waals surface area contributed by atoms with E-state index >= 15 is 0 Å². The minimum atomic E-state index is -0.793. The first-order valence-corrected chi connectivity index (χ1v) is 9.81. The molecule has 2 aromatic rings. The van der Waals surface area contributed by atoms with Crippen LogP contribution in [-0.2, 0) is 6.54 Å². The normalized spacial score (nSPS) is 32.6. The lowest BCUT2D eigenvalue weighted by Crippen LogP contribution is -2.59. The highest BCUT2D eigenvalue weighted by Gasteiger charge is 2.53. The van der Waals surface area contributed by atoms with Crippen LogP contribution < -0.4 is 0 Å². The van der Waals surface area contributed by atoms with Gasteiger partial charge in [-0.2, -0.15) is 0 Å². The first-order valence-electron chi connectivity index (χ1n) is 9.81. The number of hydrogen-bond donors (Lipinski definition) is 1. The second-order valence-electron chi connectivity index (χ2n) is 8.23. The molecule has 27 heavy (non-hydrogen) atoms. The third kappa shape index (κ3) is 2.93. The number of aromatic hydroxyl groups is 1. The summed E-state index contributed by atoms with van der Waals surface area (Å²) in [4.78, 5) is 5.06. The molecule has 5 heteroatoms. The number of hydrogen-bond acceptors (Lipinski definition) is 3. The van der Waals surface area contributed by atoms with E-state index in [2.05, 4.69) is 15.9 Å². The molecule has 0 amide bonds. The fourth-order valence-corrected chi connectivity index (χ4v) is 5.64. The summed E-state index contributed by atoms with van der Waals surface area (Å²) in [6.45, 7) is 3.79. The van der Waals surface area contributed by atoms with Crippen LogP contribution in [-0.4, -0.2) is 46.6 Å². The molecule has 6 rings (SSSR count). The summed E-state index contributed by atoms with van der Waals surface area (Å²) in [5.74, 6) is -0.276. The third-order valence-electron chi connectivity index (χ3n) is 6.76. The topological polar surface area (TPSA) is 26.7 Å². The van der Waals surface area contributed by atoms with E-state index in [1.54, 1.807) is 12.1 Å². The first-order chi connectivity index (χ1) is 13.1. The van der Waals surface area contributed by atoms with E-state index in [9.17, 15) is 13.9 Å². The summed E-state index contributed by atoms with van der Waals surface area (Å²) in [5.41, 5.74) is 1.99. The monoisotopic (exact) mass is 370 g/mol. The standard InChI is InChI=1S/C22H24F2N2O/c23-19-5-4-14(10-20(19)24)12-26-13-18(16-2-1-3-17(27)11-16)22-21(26)15-6-8-25(22)9-7-15/h1-5,10-11,15,18,21-22,27H,6-9,12-13H2/t18-,21+,22+/m0/s1. The lowest BCUT2D eigenvalue weighted by atomic mass is 9.75. The molecular weight excluding hydrogens is 346 g/mol. The highest BCUT2D eigenvalue weighted by atomic mass is 19.2. The van der Waals surface area contributed by atoms with Gasteiger partial charge in [-0.15, -0.1) is 0 Å². The molecule has 0 saturated carbocycles. The number of rotatable bonds is 3. The van der Waals surface area contributed by atoms with Crippen molar-refractivity contribution in [2.75, 3.05) is 19.6 Å². The highest BCUT2D eigenvalue weighted by Crippen LogP contribution is 2.47. The Labute approximate surface area is 158 Å². The molecule has 2 bridgehead atoms. The van der Waals surface area contributed by atoms with Crippen LogP contribution in [0.2, 0.25) is 0 Å². The molecule has 3 nitrogen and oxygen atoms in total. The summed E-state index contributed by atoms with van der Waals surface area (Å²) in [5, 5.41) is 9.95. The molecule has 4 saturated heterocycles. The molecule has 4 fully saturated rings. The number of benzene rings is 2. The molecule has 0 unspecified atom stereocenters. The molecule has 142 valence electrons. The molecular formula is C22H24F2N2O. The summed E-state index contributed by atoms with van der Waals surface area (Å²) in [6, 6.07) is 12.7. The van der Waals surface area contributed by atoms with E-state index in [1.807, 2.05) is 12.1 Å². The van der Waals surface area contributed by atoms with Crippen LogP contribution >= 0.6 is 0 Å². The van der Waals surface area contributed by atoms with Crippen molar-refractivity contribution < 1.29 is 13.9 Å². The van der Waals surface area contributed by atoms with Crippen LogP contribution in [0.3, 0.4) is 0 Å². The van der Waals surface area contributed by atoms with Crippen molar-refractivity contribution in [3.8, 4) is 5.75 Å². The van der Waals surface area contributed by atoms with Crippen LogP contribution in [0, 0.1) is 17.6 Å². The third-order valence-corrected chi connectivity index (χ3v) is 6.76. The van der Waals surface area contributed by atoms with Crippen molar-refractivity contribution in [2.24, 2.45) is 5.92 Å². The van der Waals surface area contributed by atoms with Gasteiger partial charge in [-0.05, 0) is 67.2 Å². The Morgan fingerprint density at radius 2 is 1.78 bits per heavy atom. The van der Waals surface area contributed by atoms with E-state index < -0.39 is 11.6 Å². The average Bonchev–Trinajstić information content (AvgIpc) is 3.07. The van der Waals surface area contributed by atoms with Crippen molar-refractivity contribution in [2.45, 2.75) is 37.4 Å². The van der Waals surface area contributed by atoms with Gasteiger partial charge in [0.15, 0.2) is 11.6 Å². The average molecular weight is 370 g/mol. The fraction of sp³-hybridized carbons (Fsp3) is 0.455. The van der Waals surface area contributed by atoms with Gasteiger partial charge in [0.05, 0.1) is 0 Å². The number of phenols is 1. The Kier molecular flexibility index (Phi) is 4.17. The smallest absolute Gasteiger partial charge is 0.159 e. The van der Waals surface area contributed by atoms with Crippen LogP contribution in [0.5, 0.6) is 5.75 Å². The molecule has 2 aromatic carbocycles. The zero-order chi connectivity index (χ0) is 18.5.